The number of nitrogens with zero attached hydrogens (tertiary/aromatic N) is 1. The van der Waals surface area contributed by atoms with Crippen LogP contribution < -0.4 is 11.1 Å². The van der Waals surface area contributed by atoms with Gasteiger partial charge in [-0.25, -0.2) is 0 Å². The van der Waals surface area contributed by atoms with Crippen molar-refractivity contribution in [2.75, 3.05) is 26.2 Å². The average Bonchev–Trinajstić information content (AvgIpc) is 3.16. The van der Waals surface area contributed by atoms with Crippen LogP contribution in [-0.4, -0.2) is 58.7 Å². The predicted molar refractivity (Wildman–Crippen MR) is 266 cm³/mol. The van der Waals surface area contributed by atoms with E-state index in [0.29, 0.717) is 30.7 Å². The van der Waals surface area contributed by atoms with Gasteiger partial charge in [-0.05, 0) is 101 Å². The fraction of sp³-hybridized carbons (Fsp3) is 0.660. The zero-order chi connectivity index (χ0) is 47.0. The maximum absolute atomic E-state index is 14.9. The minimum atomic E-state index is -0.882. The van der Waals surface area contributed by atoms with Gasteiger partial charge in [0.2, 0.25) is 0 Å². The van der Waals surface area contributed by atoms with Gasteiger partial charge in [-0.2, -0.15) is 12.6 Å². The SMILES string of the molecule is C=CCCC(=C)N(CCCCCCNC(=O)c1ccccc1C(=C)O)CCCCC(=O)C(C)(C(C)(C)N)C(C)(C)C(C)(C)C(C)(CC(C)(C)C)C(=C)OCCCC(=C)C(C)S. The Morgan fingerprint density at radius 2 is 1.38 bits per heavy atom. The van der Waals surface area contributed by atoms with Gasteiger partial charge in [0.15, 0.2) is 0 Å². The van der Waals surface area contributed by atoms with Gasteiger partial charge in [0, 0.05) is 58.9 Å². The summed E-state index contributed by atoms with van der Waals surface area (Å²) in [6.45, 7) is 49.8. The highest BCUT2D eigenvalue weighted by atomic mass is 32.1. The smallest absolute Gasteiger partial charge is 0.252 e. The topological polar surface area (TPSA) is 105 Å². The van der Waals surface area contributed by atoms with Crippen molar-refractivity contribution in [2.45, 2.75) is 171 Å². The number of benzene rings is 1. The third-order valence-corrected chi connectivity index (χ3v) is 14.7. The van der Waals surface area contributed by atoms with E-state index in [1.165, 1.54) is 0 Å². The Morgan fingerprint density at radius 3 is 1.90 bits per heavy atom. The maximum atomic E-state index is 14.9. The average molecular weight is 864 g/mol. The number of allylic oxidation sites excluding steroid dienone is 3. The van der Waals surface area contributed by atoms with Crippen LogP contribution in [-0.2, 0) is 9.53 Å². The number of Topliss-reactive ketones (excluding diaryl/α,β-unsaturated/α-hetero) is 1. The second-order valence-corrected chi connectivity index (χ2v) is 21.6. The predicted octanol–water partition coefficient (Wildman–Crippen LogP) is 13.5. The molecule has 0 fully saturated rings. The van der Waals surface area contributed by atoms with Crippen LogP contribution in [0.2, 0.25) is 0 Å². The molecule has 1 rings (SSSR count). The number of amides is 1. The van der Waals surface area contributed by atoms with Crippen LogP contribution >= 0.6 is 12.6 Å². The highest BCUT2D eigenvalue weighted by Crippen LogP contribution is 2.66. The second kappa shape index (κ2) is 24.0. The van der Waals surface area contributed by atoms with E-state index in [0.717, 1.165) is 101 Å². The molecular formula is C53H89N3O4S. The lowest BCUT2D eigenvalue weighted by Gasteiger charge is -2.63. The van der Waals surface area contributed by atoms with Crippen LogP contribution in [0.1, 0.15) is 176 Å². The number of ether oxygens (including phenoxy) is 1. The summed E-state index contributed by atoms with van der Waals surface area (Å²) < 4.78 is 6.54. The quantitative estimate of drug-likeness (QED) is 0.0256. The van der Waals surface area contributed by atoms with Crippen LogP contribution in [0.4, 0.5) is 0 Å². The Kier molecular flexibility index (Phi) is 22.0. The molecule has 8 heteroatoms. The van der Waals surface area contributed by atoms with E-state index < -0.39 is 27.2 Å². The molecule has 0 aliphatic rings. The van der Waals surface area contributed by atoms with Gasteiger partial charge in [-0.3, -0.25) is 9.59 Å². The Balaban J connectivity index is 3.07. The standard InChI is InChI=1S/C53H89N3O4S/c1-18-19-30-40(3)56(35-26-21-20-25-34-55-47(59)45-32-23-22-31-44(45)41(4)57)36-27-24-33-46(58)53(17,51(14,15)54)50(12,13)49(10,11)52(16,38-48(7,8)9)43(6)60-37-28-29-39(2)42(5)61/h18,22-23,31-32,42,57,61H,1-4,6,19-21,24-30,33-38,54H2,5,7-17H3,(H,55,59). The van der Waals surface area contributed by atoms with Gasteiger partial charge < -0.3 is 25.8 Å². The van der Waals surface area contributed by atoms with Crippen molar-refractivity contribution in [1.29, 1.82) is 0 Å². The third-order valence-electron chi connectivity index (χ3n) is 14.3. The molecule has 3 unspecified atom stereocenters. The minimum Gasteiger partial charge on any atom is -0.508 e. The third kappa shape index (κ3) is 15.2. The van der Waals surface area contributed by atoms with Gasteiger partial charge in [0.25, 0.3) is 5.91 Å². The first-order valence-electron chi connectivity index (χ1n) is 22.8. The first kappa shape index (κ1) is 55.8. The summed E-state index contributed by atoms with van der Waals surface area (Å²) in [5.74, 6) is 0.622. The van der Waals surface area contributed by atoms with E-state index in [2.05, 4.69) is 118 Å². The zero-order valence-electron chi connectivity index (χ0n) is 41.0. The molecule has 1 amide bonds. The summed E-state index contributed by atoms with van der Waals surface area (Å²) in [4.78, 5) is 30.0. The number of unbranched alkanes of at least 4 members (excludes halogenated alkanes) is 4. The van der Waals surface area contributed by atoms with Crippen LogP contribution in [0, 0.1) is 27.1 Å². The van der Waals surface area contributed by atoms with Crippen molar-refractivity contribution in [1.82, 2.24) is 10.2 Å². The molecule has 0 aliphatic carbocycles. The number of carbonyl (C=O) groups is 2. The van der Waals surface area contributed by atoms with E-state index in [9.17, 15) is 14.7 Å². The first-order chi connectivity index (χ1) is 28.0. The molecular weight excluding hydrogens is 775 g/mol. The van der Waals surface area contributed by atoms with Crippen molar-refractivity contribution in [3.05, 3.63) is 91.4 Å². The molecule has 0 aromatic heterocycles. The van der Waals surface area contributed by atoms with E-state index in [1.807, 2.05) is 26.8 Å². The molecule has 61 heavy (non-hydrogen) atoms. The van der Waals surface area contributed by atoms with Gasteiger partial charge in [-0.15, -0.1) is 6.58 Å². The first-order valence-corrected chi connectivity index (χ1v) is 23.3. The molecule has 0 heterocycles. The van der Waals surface area contributed by atoms with E-state index >= 15 is 0 Å². The largest absolute Gasteiger partial charge is 0.508 e. The highest BCUT2D eigenvalue weighted by Gasteiger charge is 2.65. The highest BCUT2D eigenvalue weighted by molar-refractivity contribution is 7.81. The molecule has 0 bridgehead atoms. The normalized spacial score (nSPS) is 14.9. The summed E-state index contributed by atoms with van der Waals surface area (Å²) in [5, 5.41) is 13.0. The van der Waals surface area contributed by atoms with Gasteiger partial charge in [-0.1, -0.05) is 131 Å². The Hall–Kier alpha value is -3.23. The monoisotopic (exact) mass is 864 g/mol. The molecule has 0 spiro atoms. The molecule has 0 aliphatic heterocycles. The molecule has 0 saturated carbocycles. The maximum Gasteiger partial charge on any atom is 0.252 e. The number of thiol groups is 1. The van der Waals surface area contributed by atoms with Crippen molar-refractivity contribution in [3.8, 4) is 0 Å². The van der Waals surface area contributed by atoms with Crippen LogP contribution in [0.3, 0.4) is 0 Å². The summed E-state index contributed by atoms with van der Waals surface area (Å²) >= 11 is 4.54. The van der Waals surface area contributed by atoms with Crippen molar-refractivity contribution >= 4 is 30.1 Å². The Labute approximate surface area is 379 Å². The lowest BCUT2D eigenvalue weighted by Crippen LogP contribution is -2.67. The number of hydrogen-bond acceptors (Lipinski definition) is 7. The van der Waals surface area contributed by atoms with Crippen molar-refractivity contribution in [3.63, 3.8) is 0 Å². The van der Waals surface area contributed by atoms with Gasteiger partial charge in [0.1, 0.15) is 11.5 Å². The molecule has 1 aromatic carbocycles. The van der Waals surface area contributed by atoms with E-state index in [-0.39, 0.29) is 28.1 Å². The molecule has 0 saturated heterocycles. The zero-order valence-corrected chi connectivity index (χ0v) is 41.9. The number of hydrogen-bond donors (Lipinski definition) is 4. The van der Waals surface area contributed by atoms with Crippen LogP contribution in [0.15, 0.2) is 80.3 Å². The molecule has 4 N–H and O–H groups in total. The van der Waals surface area contributed by atoms with E-state index in [1.54, 1.807) is 24.3 Å². The molecule has 3 atom stereocenters. The number of carbonyl (C=O) groups excluding carboxylic acids is 2. The van der Waals surface area contributed by atoms with E-state index in [4.69, 9.17) is 10.5 Å². The lowest BCUT2D eigenvalue weighted by molar-refractivity contribution is -0.166. The summed E-state index contributed by atoms with van der Waals surface area (Å²) in [6.07, 6.45) is 12.1. The minimum absolute atomic E-state index is 0.0347. The lowest BCUT2D eigenvalue weighted by atomic mass is 9.40. The summed E-state index contributed by atoms with van der Waals surface area (Å²) in [7, 11) is 0. The second-order valence-electron chi connectivity index (χ2n) is 20.8. The summed E-state index contributed by atoms with van der Waals surface area (Å²) in [6, 6.07) is 6.94. The van der Waals surface area contributed by atoms with Crippen molar-refractivity contribution in [2.24, 2.45) is 32.8 Å². The molecule has 7 nitrogen and oxygen atoms in total. The number of aliphatic hydroxyl groups excluding tert-OH is 1. The number of nitrogens with one attached hydrogen (secondary N) is 1. The van der Waals surface area contributed by atoms with Gasteiger partial charge in [0.05, 0.1) is 17.9 Å². The Morgan fingerprint density at radius 1 is 0.820 bits per heavy atom. The van der Waals surface area contributed by atoms with Crippen LogP contribution in [0.5, 0.6) is 0 Å². The van der Waals surface area contributed by atoms with Crippen molar-refractivity contribution < 1.29 is 19.4 Å². The number of ketones is 1. The fourth-order valence-electron chi connectivity index (χ4n) is 9.12. The number of aliphatic hydroxyl groups is 1. The fourth-order valence-corrected chi connectivity index (χ4v) is 9.25. The number of nitrogens with two attached hydrogens (primary N) is 1. The molecule has 346 valence electrons. The molecule has 1 aromatic rings. The van der Waals surface area contributed by atoms with Crippen LogP contribution in [0.25, 0.3) is 5.76 Å². The molecule has 0 radical (unpaired) electrons. The van der Waals surface area contributed by atoms with Gasteiger partial charge >= 0.3 is 0 Å². The Bertz CT molecular complexity index is 1640. The number of rotatable bonds is 31. The summed E-state index contributed by atoms with van der Waals surface area (Å²) in [5.41, 5.74) is 6.94.